The zero-order valence-corrected chi connectivity index (χ0v) is 14.7. The standard InChI is InChI=1S/C18H25NO6/c1-11(20)19-14-15(21)16-13(10-23-18(2,3)25-16)24-17(14)22-9-12-7-5-4-6-8-12/h4-8,13-17,21H,9-10H2,1-3H3,(H,19,20)/t13-,14-,15+,16+,17-/m1/s1. The summed E-state index contributed by atoms with van der Waals surface area (Å²) in [6, 6.07) is 8.91. The summed E-state index contributed by atoms with van der Waals surface area (Å²) in [6.07, 6.45) is -2.83. The largest absolute Gasteiger partial charge is 0.388 e. The number of carbonyl (C=O) groups excluding carboxylic acids is 1. The summed E-state index contributed by atoms with van der Waals surface area (Å²) < 4.78 is 23.2. The molecule has 2 fully saturated rings. The average Bonchev–Trinajstić information content (AvgIpc) is 2.57. The second-order valence-electron chi connectivity index (χ2n) is 6.85. The van der Waals surface area contributed by atoms with E-state index in [4.69, 9.17) is 18.9 Å². The molecule has 2 aliphatic rings. The van der Waals surface area contributed by atoms with Crippen molar-refractivity contribution in [3.8, 4) is 0 Å². The summed E-state index contributed by atoms with van der Waals surface area (Å²) >= 11 is 0. The number of ether oxygens (including phenoxy) is 4. The van der Waals surface area contributed by atoms with Crippen molar-refractivity contribution < 1.29 is 28.8 Å². The number of aliphatic hydroxyl groups is 1. The number of rotatable bonds is 4. The van der Waals surface area contributed by atoms with Gasteiger partial charge in [0.2, 0.25) is 5.91 Å². The van der Waals surface area contributed by atoms with Crippen LogP contribution in [0.3, 0.4) is 0 Å². The van der Waals surface area contributed by atoms with Crippen LogP contribution < -0.4 is 5.32 Å². The second-order valence-corrected chi connectivity index (χ2v) is 6.85. The molecular weight excluding hydrogens is 326 g/mol. The zero-order valence-electron chi connectivity index (χ0n) is 14.7. The molecule has 0 unspecified atom stereocenters. The quantitative estimate of drug-likeness (QED) is 0.840. The summed E-state index contributed by atoms with van der Waals surface area (Å²) in [5, 5.41) is 13.5. The summed E-state index contributed by atoms with van der Waals surface area (Å²) in [5.74, 6) is -1.09. The number of hydrogen-bond acceptors (Lipinski definition) is 6. The number of benzene rings is 1. The van der Waals surface area contributed by atoms with Crippen LogP contribution >= 0.6 is 0 Å². The van der Waals surface area contributed by atoms with Gasteiger partial charge in [-0.3, -0.25) is 4.79 Å². The minimum Gasteiger partial charge on any atom is -0.388 e. The Kier molecular flexibility index (Phi) is 5.41. The van der Waals surface area contributed by atoms with Gasteiger partial charge in [0.05, 0.1) is 13.2 Å². The van der Waals surface area contributed by atoms with Crippen molar-refractivity contribution in [1.82, 2.24) is 5.32 Å². The minimum absolute atomic E-state index is 0.272. The van der Waals surface area contributed by atoms with Gasteiger partial charge in [0.15, 0.2) is 12.1 Å². The maximum absolute atomic E-state index is 11.6. The van der Waals surface area contributed by atoms with Crippen molar-refractivity contribution in [2.75, 3.05) is 6.61 Å². The molecule has 0 bridgehead atoms. The molecule has 138 valence electrons. The van der Waals surface area contributed by atoms with Crippen molar-refractivity contribution in [3.63, 3.8) is 0 Å². The van der Waals surface area contributed by atoms with Gasteiger partial charge in [-0.05, 0) is 19.4 Å². The van der Waals surface area contributed by atoms with Gasteiger partial charge in [0.25, 0.3) is 0 Å². The number of fused-ring (bicyclic) bond motifs is 1. The van der Waals surface area contributed by atoms with Gasteiger partial charge in [-0.2, -0.15) is 0 Å². The first-order chi connectivity index (χ1) is 11.9. The fraction of sp³-hybridized carbons (Fsp3) is 0.611. The molecule has 7 heteroatoms. The van der Waals surface area contributed by atoms with Gasteiger partial charge in [-0.25, -0.2) is 0 Å². The summed E-state index contributed by atoms with van der Waals surface area (Å²) in [4.78, 5) is 11.6. The lowest BCUT2D eigenvalue weighted by Gasteiger charge is -2.49. The molecule has 0 spiro atoms. The molecule has 0 saturated carbocycles. The highest BCUT2D eigenvalue weighted by Gasteiger charge is 2.51. The lowest BCUT2D eigenvalue weighted by Crippen LogP contribution is -2.68. The monoisotopic (exact) mass is 351 g/mol. The predicted octanol–water partition coefficient (Wildman–Crippen LogP) is 0.945. The van der Waals surface area contributed by atoms with Crippen LogP contribution in [-0.2, 0) is 30.3 Å². The molecule has 2 saturated heterocycles. The molecule has 2 aliphatic heterocycles. The fourth-order valence-electron chi connectivity index (χ4n) is 3.13. The van der Waals surface area contributed by atoms with Crippen LogP contribution in [0, 0.1) is 0 Å². The molecule has 1 aromatic rings. The van der Waals surface area contributed by atoms with E-state index in [9.17, 15) is 9.90 Å². The van der Waals surface area contributed by atoms with Crippen LogP contribution in [0.2, 0.25) is 0 Å². The van der Waals surface area contributed by atoms with Crippen molar-refractivity contribution in [2.24, 2.45) is 0 Å². The Labute approximate surface area is 147 Å². The van der Waals surface area contributed by atoms with E-state index in [1.165, 1.54) is 6.92 Å². The molecule has 3 rings (SSSR count). The molecule has 0 aliphatic carbocycles. The van der Waals surface area contributed by atoms with Gasteiger partial charge in [-0.15, -0.1) is 0 Å². The van der Waals surface area contributed by atoms with Gasteiger partial charge >= 0.3 is 0 Å². The van der Waals surface area contributed by atoms with Crippen molar-refractivity contribution in [1.29, 1.82) is 0 Å². The third-order valence-electron chi connectivity index (χ3n) is 4.32. The Morgan fingerprint density at radius 2 is 2.08 bits per heavy atom. The molecule has 0 aromatic heterocycles. The predicted molar refractivity (Wildman–Crippen MR) is 88.4 cm³/mol. The minimum atomic E-state index is -0.966. The van der Waals surface area contributed by atoms with Crippen molar-refractivity contribution >= 4 is 5.91 Å². The number of aliphatic hydroxyl groups excluding tert-OH is 1. The van der Waals surface area contributed by atoms with Crippen LogP contribution in [0.5, 0.6) is 0 Å². The Morgan fingerprint density at radius 3 is 2.76 bits per heavy atom. The van der Waals surface area contributed by atoms with E-state index < -0.39 is 36.4 Å². The third-order valence-corrected chi connectivity index (χ3v) is 4.32. The average molecular weight is 351 g/mol. The van der Waals surface area contributed by atoms with Crippen LogP contribution in [0.1, 0.15) is 26.3 Å². The molecule has 2 N–H and O–H groups in total. The highest BCUT2D eigenvalue weighted by atomic mass is 16.8. The van der Waals surface area contributed by atoms with Crippen LogP contribution in [-0.4, -0.2) is 54.1 Å². The first-order valence-electron chi connectivity index (χ1n) is 8.44. The Bertz CT molecular complexity index is 592. The topological polar surface area (TPSA) is 86.3 Å². The van der Waals surface area contributed by atoms with E-state index in [2.05, 4.69) is 5.32 Å². The second kappa shape index (κ2) is 7.39. The van der Waals surface area contributed by atoms with E-state index >= 15 is 0 Å². The SMILES string of the molecule is CC(=O)N[C@H]1[C@H](OCc2ccccc2)O[C@@H]2COC(C)(C)O[C@@H]2[C@H]1O. The Morgan fingerprint density at radius 1 is 1.36 bits per heavy atom. The normalized spacial score (nSPS) is 34.2. The lowest BCUT2D eigenvalue weighted by molar-refractivity contribution is -0.369. The maximum Gasteiger partial charge on any atom is 0.217 e. The van der Waals surface area contributed by atoms with E-state index in [1.807, 2.05) is 30.3 Å². The lowest BCUT2D eigenvalue weighted by atomic mass is 9.95. The van der Waals surface area contributed by atoms with Gasteiger partial charge in [-0.1, -0.05) is 30.3 Å². The molecule has 5 atom stereocenters. The Hall–Kier alpha value is -1.51. The van der Waals surface area contributed by atoms with Gasteiger partial charge in [0, 0.05) is 6.92 Å². The molecule has 2 heterocycles. The molecule has 25 heavy (non-hydrogen) atoms. The number of nitrogens with one attached hydrogen (secondary N) is 1. The third kappa shape index (κ3) is 4.37. The van der Waals surface area contributed by atoms with E-state index in [-0.39, 0.29) is 12.5 Å². The van der Waals surface area contributed by atoms with Crippen molar-refractivity contribution in [2.45, 2.75) is 63.8 Å². The van der Waals surface area contributed by atoms with Crippen LogP contribution in [0.25, 0.3) is 0 Å². The number of amides is 1. The highest BCUT2D eigenvalue weighted by molar-refractivity contribution is 5.73. The fourth-order valence-corrected chi connectivity index (χ4v) is 3.13. The van der Waals surface area contributed by atoms with Crippen molar-refractivity contribution in [3.05, 3.63) is 35.9 Å². The summed E-state index contributed by atoms with van der Waals surface area (Å²) in [7, 11) is 0. The zero-order chi connectivity index (χ0) is 18.0. The van der Waals surface area contributed by atoms with Crippen LogP contribution in [0.4, 0.5) is 0 Å². The molecule has 1 aromatic carbocycles. The maximum atomic E-state index is 11.6. The summed E-state index contributed by atoms with van der Waals surface area (Å²) in [6.45, 7) is 5.54. The summed E-state index contributed by atoms with van der Waals surface area (Å²) in [5.41, 5.74) is 0.974. The number of hydrogen-bond donors (Lipinski definition) is 2. The smallest absolute Gasteiger partial charge is 0.217 e. The van der Waals surface area contributed by atoms with Gasteiger partial charge < -0.3 is 29.4 Å². The molecule has 1 amide bonds. The van der Waals surface area contributed by atoms with E-state index in [0.717, 1.165) is 5.56 Å². The van der Waals surface area contributed by atoms with E-state index in [1.54, 1.807) is 13.8 Å². The Balaban J connectivity index is 1.73. The van der Waals surface area contributed by atoms with Gasteiger partial charge in [0.1, 0.15) is 24.4 Å². The molecular formula is C18H25NO6. The van der Waals surface area contributed by atoms with Crippen LogP contribution in [0.15, 0.2) is 30.3 Å². The molecule has 0 radical (unpaired) electrons. The first-order valence-corrected chi connectivity index (χ1v) is 8.44. The first kappa shape index (κ1) is 18.3. The van der Waals surface area contributed by atoms with E-state index in [0.29, 0.717) is 6.61 Å². The highest BCUT2D eigenvalue weighted by Crippen LogP contribution is 2.33. The molecule has 7 nitrogen and oxygen atoms in total. The number of carbonyl (C=O) groups is 1.